The van der Waals surface area contributed by atoms with Crippen molar-refractivity contribution in [1.82, 2.24) is 0 Å². The first-order valence-electron chi connectivity index (χ1n) is 5.34. The van der Waals surface area contributed by atoms with Gasteiger partial charge >= 0.3 is 101 Å². The third-order valence-corrected chi connectivity index (χ3v) is 6.23. The van der Waals surface area contributed by atoms with E-state index in [1.54, 1.807) is 0 Å². The third kappa shape index (κ3) is 1.15. The number of carbonyl (C=O) groups excluding carboxylic acids is 1. The summed E-state index contributed by atoms with van der Waals surface area (Å²) in [6.45, 7) is 4.52. The molecule has 0 spiro atoms. The van der Waals surface area contributed by atoms with E-state index in [0.717, 1.165) is 10.7 Å². The van der Waals surface area contributed by atoms with E-state index in [9.17, 15) is 4.79 Å². The van der Waals surface area contributed by atoms with Crippen molar-refractivity contribution in [3.8, 4) is 11.1 Å². The van der Waals surface area contributed by atoms with Crippen LogP contribution in [0, 0.1) is 0 Å². The second-order valence-electron chi connectivity index (χ2n) is 4.68. The third-order valence-electron chi connectivity index (χ3n) is 3.33. The first-order valence-corrected chi connectivity index (χ1v) is 7.05. The number of hydrogen-bond acceptors (Lipinski definition) is 1. The number of benzene rings is 1. The summed E-state index contributed by atoms with van der Waals surface area (Å²) < 4.78 is 2.43. The van der Waals surface area contributed by atoms with Gasteiger partial charge in [0.05, 0.1) is 0 Å². The molecule has 1 heterocycles. The van der Waals surface area contributed by atoms with Crippen molar-refractivity contribution in [2.75, 3.05) is 0 Å². The Morgan fingerprint density at radius 1 is 1.19 bits per heavy atom. The molecule has 1 aromatic heterocycles. The van der Waals surface area contributed by atoms with Gasteiger partial charge in [0.1, 0.15) is 0 Å². The molecule has 0 aliphatic heterocycles. The zero-order valence-corrected chi connectivity index (χ0v) is 11.0. The molecule has 3 rings (SSSR count). The molecule has 0 atom stereocenters. The summed E-state index contributed by atoms with van der Waals surface area (Å²) in [5.41, 5.74) is 4.14. The predicted molar refractivity (Wildman–Crippen MR) is 66.3 cm³/mol. The van der Waals surface area contributed by atoms with Crippen molar-refractivity contribution < 1.29 is 4.79 Å². The molecule has 0 bridgehead atoms. The van der Waals surface area contributed by atoms with E-state index in [0.29, 0.717) is 0 Å². The number of carbonyl (C=O) groups is 1. The van der Waals surface area contributed by atoms with E-state index in [-0.39, 0.29) is 19.9 Å². The van der Waals surface area contributed by atoms with Crippen molar-refractivity contribution in [2.24, 2.45) is 0 Å². The number of fused-ring (bicyclic) bond motifs is 3. The topological polar surface area (TPSA) is 17.1 Å². The summed E-state index contributed by atoms with van der Waals surface area (Å²) in [7, 11) is 0. The van der Waals surface area contributed by atoms with E-state index >= 15 is 0 Å². The molecule has 0 unspecified atom stereocenters. The van der Waals surface area contributed by atoms with Gasteiger partial charge in [0, 0.05) is 0 Å². The standard InChI is InChI=1S/C14H12OSe/c1-14(2)12-6-4-3-5-10(12)11-7-9(8-15)16-13(11)14/h3-8H,1-2H3. The van der Waals surface area contributed by atoms with Crippen molar-refractivity contribution >= 4 is 20.8 Å². The first-order chi connectivity index (χ1) is 7.64. The Morgan fingerprint density at radius 3 is 2.69 bits per heavy atom. The predicted octanol–water partition coefficient (Wildman–Crippen LogP) is 2.86. The van der Waals surface area contributed by atoms with E-state index < -0.39 is 0 Å². The van der Waals surface area contributed by atoms with Crippen molar-refractivity contribution in [3.63, 3.8) is 0 Å². The van der Waals surface area contributed by atoms with Gasteiger partial charge in [0.25, 0.3) is 0 Å². The van der Waals surface area contributed by atoms with Gasteiger partial charge in [-0.3, -0.25) is 0 Å². The molecule has 2 aromatic rings. The fraction of sp³-hybridized carbons (Fsp3) is 0.214. The molecule has 0 radical (unpaired) electrons. The molecule has 0 N–H and O–H groups in total. The maximum absolute atomic E-state index is 10.9. The number of rotatable bonds is 1. The molecule has 0 saturated carbocycles. The van der Waals surface area contributed by atoms with Crippen LogP contribution in [0.1, 0.15) is 33.1 Å². The van der Waals surface area contributed by atoms with Crippen molar-refractivity contribution in [3.05, 3.63) is 44.8 Å². The Bertz CT molecular complexity index is 578. The van der Waals surface area contributed by atoms with Crippen LogP contribution in [-0.4, -0.2) is 20.8 Å². The molecule has 1 aromatic carbocycles. The maximum atomic E-state index is 10.9. The Kier molecular flexibility index (Phi) is 2.01. The van der Waals surface area contributed by atoms with Gasteiger partial charge < -0.3 is 0 Å². The molecule has 2 heteroatoms. The molecular formula is C14H12OSe. The van der Waals surface area contributed by atoms with Crippen LogP contribution in [0.3, 0.4) is 0 Å². The molecular weight excluding hydrogens is 263 g/mol. The normalized spacial score (nSPS) is 15.6. The van der Waals surface area contributed by atoms with Crippen LogP contribution in [0.4, 0.5) is 0 Å². The van der Waals surface area contributed by atoms with Crippen LogP contribution in [0.5, 0.6) is 0 Å². The number of hydrogen-bond donors (Lipinski definition) is 0. The Labute approximate surface area is 101 Å². The Morgan fingerprint density at radius 2 is 1.94 bits per heavy atom. The molecule has 0 saturated heterocycles. The number of aldehydes is 1. The fourth-order valence-corrected chi connectivity index (χ4v) is 4.84. The summed E-state index contributed by atoms with van der Waals surface area (Å²) >= 11 is 0.222. The van der Waals surface area contributed by atoms with Gasteiger partial charge in [0.15, 0.2) is 0 Å². The molecule has 1 aliphatic carbocycles. The zero-order valence-electron chi connectivity index (χ0n) is 9.28. The molecule has 0 amide bonds. The summed E-state index contributed by atoms with van der Waals surface area (Å²) in [6.07, 6.45) is 1.01. The Hall–Kier alpha value is -1.11. The van der Waals surface area contributed by atoms with Crippen molar-refractivity contribution in [2.45, 2.75) is 19.3 Å². The first kappa shape index (κ1) is 10.1. The fourth-order valence-electron chi connectivity index (χ4n) is 2.52. The van der Waals surface area contributed by atoms with Crippen LogP contribution in [0.25, 0.3) is 11.1 Å². The SMILES string of the molecule is CC1(C)c2ccccc2-c2cc(C=O)[se]c21. The second-order valence-corrected chi connectivity index (χ2v) is 6.95. The van der Waals surface area contributed by atoms with E-state index in [1.165, 1.54) is 21.1 Å². The minimum absolute atomic E-state index is 0.104. The molecule has 1 aliphatic rings. The van der Waals surface area contributed by atoms with Crippen LogP contribution in [-0.2, 0) is 5.41 Å². The Balaban J connectivity index is 2.36. The van der Waals surface area contributed by atoms with Gasteiger partial charge in [0.2, 0.25) is 0 Å². The average molecular weight is 275 g/mol. The van der Waals surface area contributed by atoms with Gasteiger partial charge in [-0.25, -0.2) is 0 Å². The summed E-state index contributed by atoms with van der Waals surface area (Å²) in [5.74, 6) is 0. The van der Waals surface area contributed by atoms with Gasteiger partial charge in [-0.2, -0.15) is 0 Å². The van der Waals surface area contributed by atoms with Crippen LogP contribution in [0.2, 0.25) is 0 Å². The van der Waals surface area contributed by atoms with Gasteiger partial charge in [-0.15, -0.1) is 0 Å². The summed E-state index contributed by atoms with van der Waals surface area (Å²) in [6, 6.07) is 10.6. The van der Waals surface area contributed by atoms with Gasteiger partial charge in [-0.1, -0.05) is 0 Å². The molecule has 0 fully saturated rings. The van der Waals surface area contributed by atoms with Crippen molar-refractivity contribution in [1.29, 1.82) is 0 Å². The second kappa shape index (κ2) is 3.19. The summed E-state index contributed by atoms with van der Waals surface area (Å²) in [4.78, 5) is 10.9. The zero-order chi connectivity index (χ0) is 11.3. The molecule has 1 nitrogen and oxygen atoms in total. The van der Waals surface area contributed by atoms with E-state index in [2.05, 4.69) is 44.2 Å². The van der Waals surface area contributed by atoms with Gasteiger partial charge in [-0.05, 0) is 0 Å². The van der Waals surface area contributed by atoms with Crippen LogP contribution >= 0.6 is 0 Å². The quantitative estimate of drug-likeness (QED) is 0.577. The van der Waals surface area contributed by atoms with E-state index in [1.807, 2.05) is 0 Å². The average Bonchev–Trinajstić information content (AvgIpc) is 2.80. The van der Waals surface area contributed by atoms with Crippen LogP contribution < -0.4 is 0 Å². The molecule has 16 heavy (non-hydrogen) atoms. The van der Waals surface area contributed by atoms with E-state index in [4.69, 9.17) is 0 Å². The summed E-state index contributed by atoms with van der Waals surface area (Å²) in [5, 5.41) is 0. The molecule has 80 valence electrons. The van der Waals surface area contributed by atoms with Crippen LogP contribution in [0.15, 0.2) is 30.3 Å². The minimum atomic E-state index is 0.104. The monoisotopic (exact) mass is 276 g/mol.